The van der Waals surface area contributed by atoms with Gasteiger partial charge >= 0.3 is 0 Å². The van der Waals surface area contributed by atoms with Crippen molar-refractivity contribution < 1.29 is 60.8 Å². The van der Waals surface area contributed by atoms with Crippen molar-refractivity contribution in [3.63, 3.8) is 0 Å². The zero-order chi connectivity index (χ0) is 0. The van der Waals surface area contributed by atoms with E-state index in [1.54, 1.807) is 0 Å². The molecule has 0 heterocycles. The molecule has 4 heteroatoms. The molecule has 0 rings (SSSR count). The van der Waals surface area contributed by atoms with Gasteiger partial charge in [0, 0.05) is 69.2 Å². The van der Waals surface area contributed by atoms with Gasteiger partial charge in [-0.1, -0.05) is 0 Å². The van der Waals surface area contributed by atoms with E-state index in [1.165, 1.54) is 0 Å². The van der Waals surface area contributed by atoms with Gasteiger partial charge in [0.1, 0.15) is 0 Å². The monoisotopic (exact) mass is 358 g/mol. The summed E-state index contributed by atoms with van der Waals surface area (Å²) >= 11 is 0. The van der Waals surface area contributed by atoms with Gasteiger partial charge in [-0.2, -0.15) is 0 Å². The van der Waals surface area contributed by atoms with Crippen molar-refractivity contribution in [2.45, 2.75) is 0 Å². The zero-order valence-electron chi connectivity index (χ0n) is 1.70. The fourth-order valence-electron chi connectivity index (χ4n) is 0. The molecule has 0 aliphatic carbocycles. The number of hydrogen-bond donors (Lipinski definition) is 0. The molecular weight excluding hydrogens is 356 g/mol. The molecule has 0 saturated heterocycles. The summed E-state index contributed by atoms with van der Waals surface area (Å²) in [6.45, 7) is 0. The fourth-order valence-corrected chi connectivity index (χ4v) is 0. The third-order valence-electron chi connectivity index (χ3n) is 0. The molecule has 0 fully saturated rings. The van der Waals surface area contributed by atoms with Crippen LogP contribution >= 0.6 is 0 Å². The Balaban J connectivity index is 0. The van der Waals surface area contributed by atoms with E-state index in [0.29, 0.717) is 0 Å². The van der Waals surface area contributed by atoms with Crippen LogP contribution in [0.5, 0.6) is 0 Å². The van der Waals surface area contributed by atoms with Crippen LogP contribution in [-0.2, 0) is 60.8 Å². The summed E-state index contributed by atoms with van der Waals surface area (Å²) in [6.07, 6.45) is 0. The third kappa shape index (κ3) is 8.98. The second-order valence-electron chi connectivity index (χ2n) is 0. The zero-order valence-corrected chi connectivity index (χ0v) is 7.14. The Bertz CT molecular complexity index is 8.00. The predicted octanol–water partition coefficient (Wildman–Crippen LogP) is -0.388. The minimum atomic E-state index is 0. The second kappa shape index (κ2) is 19.8. The Morgan fingerprint density at radius 2 is 1.00 bits per heavy atom. The number of hydrogen-bond acceptors (Lipinski definition) is 0. The molecule has 0 aliphatic rings. The normalized spacial score (nSPS) is 0. The van der Waals surface area contributed by atoms with E-state index in [9.17, 15) is 0 Å². The molecule has 0 aromatic carbocycles. The van der Waals surface area contributed by atoms with E-state index in [2.05, 4.69) is 0 Å². The van der Waals surface area contributed by atoms with E-state index in [-0.39, 0.29) is 69.2 Å². The Morgan fingerprint density at radius 3 is 1.00 bits per heavy atom. The van der Waals surface area contributed by atoms with Crippen molar-refractivity contribution in [2.24, 2.45) is 0 Å². The minimum absolute atomic E-state index is 0. The summed E-state index contributed by atoms with van der Waals surface area (Å²) in [6, 6.07) is 0. The smallest absolute Gasteiger partial charge is 0 e. The van der Waals surface area contributed by atoms with Gasteiger partial charge < -0.3 is 0 Å². The molecule has 0 aliphatic heterocycles. The molecule has 0 aromatic heterocycles. The summed E-state index contributed by atoms with van der Waals surface area (Å²) in [4.78, 5) is 0. The van der Waals surface area contributed by atoms with Crippen LogP contribution in [0.3, 0.4) is 0 Å². The Hall–Kier alpha value is 2.03. The topological polar surface area (TPSA) is 0 Å². The largest absolute Gasteiger partial charge is 0 e. The molecule has 0 saturated carbocycles. The average Bonchev–Trinajstić information content (AvgIpc) is 0. The quantitative estimate of drug-likeness (QED) is 0.519. The standard InChI is InChI=1S/Au.B.Cr.Mo. The van der Waals surface area contributed by atoms with E-state index in [1.807, 2.05) is 0 Å². The van der Waals surface area contributed by atoms with Gasteiger partial charge in [-0.3, -0.25) is 0 Å². The summed E-state index contributed by atoms with van der Waals surface area (Å²) in [5.41, 5.74) is 0. The first-order valence-corrected chi connectivity index (χ1v) is 0. The van der Waals surface area contributed by atoms with Gasteiger partial charge in [0.25, 0.3) is 0 Å². The van der Waals surface area contributed by atoms with E-state index < -0.39 is 0 Å². The van der Waals surface area contributed by atoms with Crippen LogP contribution in [0.1, 0.15) is 0 Å². The third-order valence-corrected chi connectivity index (χ3v) is 0. The van der Waals surface area contributed by atoms with Crippen molar-refractivity contribution in [2.75, 3.05) is 0 Å². The molecule has 0 bridgehead atoms. The van der Waals surface area contributed by atoms with Crippen LogP contribution in [0.25, 0.3) is 0 Å². The number of rotatable bonds is 0. The molecular formula is AuBCrMo. The van der Waals surface area contributed by atoms with Crippen LogP contribution in [0.4, 0.5) is 0 Å². The Morgan fingerprint density at radius 1 is 1.00 bits per heavy atom. The molecule has 0 nitrogen and oxygen atoms in total. The SMILES string of the molecule is [Au].[B].[Cr].[Mo]. The fraction of sp³-hybridized carbons (Fsp3) is 0. The van der Waals surface area contributed by atoms with Gasteiger partial charge in [-0.05, 0) is 0 Å². The molecule has 4 heavy (non-hydrogen) atoms. The maximum atomic E-state index is 0. The minimum Gasteiger partial charge on any atom is 0 e. The van der Waals surface area contributed by atoms with Crippen LogP contribution in [-0.4, -0.2) is 8.41 Å². The van der Waals surface area contributed by atoms with Crippen molar-refractivity contribution in [3.05, 3.63) is 0 Å². The van der Waals surface area contributed by atoms with Gasteiger partial charge in [0.15, 0.2) is 0 Å². The summed E-state index contributed by atoms with van der Waals surface area (Å²) in [5, 5.41) is 0. The van der Waals surface area contributed by atoms with Crippen molar-refractivity contribution >= 4 is 8.41 Å². The maximum Gasteiger partial charge on any atom is 0 e. The first-order valence-electron chi connectivity index (χ1n) is 0. The van der Waals surface area contributed by atoms with Crippen LogP contribution in [0.15, 0.2) is 0 Å². The van der Waals surface area contributed by atoms with Crippen molar-refractivity contribution in [1.29, 1.82) is 0 Å². The van der Waals surface area contributed by atoms with Crippen LogP contribution < -0.4 is 0 Å². The Labute approximate surface area is 68.6 Å². The predicted molar refractivity (Wildman–Crippen MR) is 5.75 cm³/mol. The molecule has 0 spiro atoms. The van der Waals surface area contributed by atoms with E-state index >= 15 is 0 Å². The summed E-state index contributed by atoms with van der Waals surface area (Å²) < 4.78 is 0. The summed E-state index contributed by atoms with van der Waals surface area (Å²) in [5.74, 6) is 0. The van der Waals surface area contributed by atoms with Gasteiger partial charge in [-0.15, -0.1) is 0 Å². The molecule has 0 N–H and O–H groups in total. The summed E-state index contributed by atoms with van der Waals surface area (Å²) in [7, 11) is 0. The Kier molecular flexibility index (Phi) is 184. The van der Waals surface area contributed by atoms with E-state index in [4.69, 9.17) is 0 Å². The average molecular weight is 356 g/mol. The molecule has 0 unspecified atom stereocenters. The molecule has 4 radical (unpaired) electrons. The van der Waals surface area contributed by atoms with Gasteiger partial charge in [0.2, 0.25) is 0 Å². The maximum absolute atomic E-state index is 0. The van der Waals surface area contributed by atoms with Crippen molar-refractivity contribution in [3.8, 4) is 0 Å². The van der Waals surface area contributed by atoms with E-state index in [0.717, 1.165) is 0 Å². The van der Waals surface area contributed by atoms with Gasteiger partial charge in [0.05, 0.1) is 0 Å². The van der Waals surface area contributed by atoms with Crippen molar-refractivity contribution in [1.82, 2.24) is 0 Å². The van der Waals surface area contributed by atoms with Gasteiger partial charge in [-0.25, -0.2) is 0 Å². The first kappa shape index (κ1) is 37.1. The molecule has 0 amide bonds. The van der Waals surface area contributed by atoms with Crippen LogP contribution in [0, 0.1) is 0 Å². The second-order valence-corrected chi connectivity index (χ2v) is 0. The van der Waals surface area contributed by atoms with Crippen LogP contribution in [0.2, 0.25) is 0 Å². The molecule has 26 valence electrons. The molecule has 0 atom stereocenters. The molecule has 0 aromatic rings. The first-order chi connectivity index (χ1) is 0.